The minimum atomic E-state index is -1.17. The predicted octanol–water partition coefficient (Wildman–Crippen LogP) is 2.56. The summed E-state index contributed by atoms with van der Waals surface area (Å²) in [5, 5.41) is 19.6. The van der Waals surface area contributed by atoms with E-state index in [1.54, 1.807) is 12.1 Å². The third kappa shape index (κ3) is 2.21. The van der Waals surface area contributed by atoms with Crippen LogP contribution in [-0.4, -0.2) is 28.1 Å². The van der Waals surface area contributed by atoms with E-state index in [1.165, 1.54) is 12.1 Å². The monoisotopic (exact) mass is 320 g/mol. The van der Waals surface area contributed by atoms with Gasteiger partial charge in [-0.3, -0.25) is 0 Å². The Kier molecular flexibility index (Phi) is 3.46. The number of rotatable bonds is 2. The zero-order valence-corrected chi connectivity index (χ0v) is 12.7. The molecule has 3 heterocycles. The lowest BCUT2D eigenvalue weighted by Crippen LogP contribution is -2.58. The van der Waals surface area contributed by atoms with Crippen molar-refractivity contribution in [2.24, 2.45) is 5.92 Å². The molecule has 5 rings (SSSR count). The van der Waals surface area contributed by atoms with E-state index < -0.39 is 23.6 Å². The van der Waals surface area contributed by atoms with E-state index >= 15 is 0 Å². The smallest absolute Gasteiger partial charge is 0.335 e. The number of carbonyl (C=O) groups is 1. The van der Waals surface area contributed by atoms with Crippen LogP contribution < -0.4 is 0 Å². The van der Waals surface area contributed by atoms with Gasteiger partial charge in [-0.2, -0.15) is 4.89 Å². The van der Waals surface area contributed by atoms with Crippen molar-refractivity contribution in [3.63, 3.8) is 0 Å². The SMILES string of the molecule is O=C(O)c1ccc([C@]23CC[C@H]4CCCC[C@@]4(OO2)[C@H](O)O3)cc1. The number of aliphatic hydroxyl groups is 1. The Labute approximate surface area is 133 Å². The maximum absolute atomic E-state index is 11.0. The first-order valence-electron chi connectivity index (χ1n) is 8.12. The van der Waals surface area contributed by atoms with Crippen LogP contribution in [0.15, 0.2) is 24.3 Å². The fraction of sp³-hybridized carbons (Fsp3) is 0.588. The lowest BCUT2D eigenvalue weighted by atomic mass is 9.73. The fourth-order valence-electron chi connectivity index (χ4n) is 4.14. The van der Waals surface area contributed by atoms with Gasteiger partial charge >= 0.3 is 5.97 Å². The van der Waals surface area contributed by atoms with Crippen LogP contribution in [0.3, 0.4) is 0 Å². The molecule has 4 fully saturated rings. The maximum atomic E-state index is 11.0. The summed E-state index contributed by atoms with van der Waals surface area (Å²) in [4.78, 5) is 22.4. The average molecular weight is 320 g/mol. The highest BCUT2D eigenvalue weighted by Crippen LogP contribution is 2.54. The Balaban J connectivity index is 1.68. The molecule has 0 radical (unpaired) electrons. The van der Waals surface area contributed by atoms with E-state index in [0.29, 0.717) is 12.0 Å². The van der Waals surface area contributed by atoms with Gasteiger partial charge in [0.1, 0.15) is 0 Å². The number of aliphatic hydroxyl groups excluding tert-OH is 1. The summed E-state index contributed by atoms with van der Waals surface area (Å²) in [6, 6.07) is 6.33. The molecule has 6 nitrogen and oxygen atoms in total. The highest BCUT2D eigenvalue weighted by Gasteiger charge is 2.61. The molecule has 6 heteroatoms. The summed E-state index contributed by atoms with van der Waals surface area (Å²) in [6.45, 7) is 0. The van der Waals surface area contributed by atoms with E-state index in [2.05, 4.69) is 0 Å². The Hall–Kier alpha value is -1.47. The van der Waals surface area contributed by atoms with Crippen molar-refractivity contribution in [2.75, 3.05) is 0 Å². The van der Waals surface area contributed by atoms with Gasteiger partial charge in [-0.05, 0) is 37.3 Å². The van der Waals surface area contributed by atoms with Crippen molar-refractivity contribution in [3.05, 3.63) is 35.4 Å². The number of ether oxygens (including phenoxy) is 1. The number of carboxylic acids is 1. The van der Waals surface area contributed by atoms with Gasteiger partial charge in [0.05, 0.1) is 5.56 Å². The molecular weight excluding hydrogens is 300 g/mol. The molecule has 4 aliphatic rings. The molecule has 2 bridgehead atoms. The van der Waals surface area contributed by atoms with Crippen molar-refractivity contribution in [1.82, 2.24) is 0 Å². The van der Waals surface area contributed by atoms with Crippen LogP contribution in [0.2, 0.25) is 0 Å². The van der Waals surface area contributed by atoms with Crippen LogP contribution in [0.5, 0.6) is 0 Å². The Morgan fingerprint density at radius 1 is 1.09 bits per heavy atom. The number of aromatic carboxylic acids is 1. The van der Waals surface area contributed by atoms with Crippen molar-refractivity contribution < 1.29 is 29.5 Å². The minimum absolute atomic E-state index is 0.196. The van der Waals surface area contributed by atoms with Crippen LogP contribution in [0.1, 0.15) is 54.4 Å². The second kappa shape index (κ2) is 5.27. The number of hydrogen-bond donors (Lipinski definition) is 2. The number of carboxylic acid groups (broad SMARTS) is 1. The molecule has 124 valence electrons. The van der Waals surface area contributed by atoms with Crippen LogP contribution in [0.4, 0.5) is 0 Å². The number of fused-ring (bicyclic) bond motifs is 3. The molecule has 0 unspecified atom stereocenters. The number of benzene rings is 1. The Morgan fingerprint density at radius 3 is 2.57 bits per heavy atom. The standard InChI is InChI=1S/C17H20O6/c18-14(19)11-4-6-13(7-5-11)17-10-8-12-3-1-2-9-16(12,22-23-17)15(20)21-17/h4-7,12,15,20H,1-3,8-10H2,(H,18,19)/t12-,15-,16+,17+/m1/s1. The molecular formula is C17H20O6. The van der Waals surface area contributed by atoms with E-state index in [4.69, 9.17) is 19.6 Å². The second-order valence-corrected chi connectivity index (χ2v) is 6.71. The first-order valence-corrected chi connectivity index (χ1v) is 8.12. The minimum Gasteiger partial charge on any atom is -0.478 e. The summed E-state index contributed by atoms with van der Waals surface area (Å²) in [6.07, 6.45) is 4.22. The normalized spacial score (nSPS) is 39.5. The molecule has 4 atom stereocenters. The zero-order valence-electron chi connectivity index (χ0n) is 12.7. The average Bonchev–Trinajstić information content (AvgIpc) is 2.81. The maximum Gasteiger partial charge on any atom is 0.335 e. The molecule has 1 spiro atoms. The van der Waals surface area contributed by atoms with Crippen molar-refractivity contribution in [1.29, 1.82) is 0 Å². The van der Waals surface area contributed by atoms with Crippen molar-refractivity contribution in [3.8, 4) is 0 Å². The highest BCUT2D eigenvalue weighted by atomic mass is 17.3. The lowest BCUT2D eigenvalue weighted by Gasteiger charge is -2.48. The zero-order chi connectivity index (χ0) is 16.1. The van der Waals surface area contributed by atoms with E-state index in [1.807, 2.05) is 0 Å². The Morgan fingerprint density at radius 2 is 1.87 bits per heavy atom. The van der Waals surface area contributed by atoms with Gasteiger partial charge in [-0.15, -0.1) is 0 Å². The fourth-order valence-corrected chi connectivity index (χ4v) is 4.14. The lowest BCUT2D eigenvalue weighted by molar-refractivity contribution is -0.557. The highest BCUT2D eigenvalue weighted by molar-refractivity contribution is 5.87. The van der Waals surface area contributed by atoms with Crippen LogP contribution in [0, 0.1) is 5.92 Å². The topological polar surface area (TPSA) is 85.2 Å². The molecule has 2 N–H and O–H groups in total. The van der Waals surface area contributed by atoms with E-state index in [9.17, 15) is 9.90 Å². The molecule has 3 aliphatic heterocycles. The molecule has 1 aromatic rings. The Bertz CT molecular complexity index is 610. The van der Waals surface area contributed by atoms with Crippen LogP contribution in [0.25, 0.3) is 0 Å². The van der Waals surface area contributed by atoms with Gasteiger partial charge in [0.15, 0.2) is 11.9 Å². The van der Waals surface area contributed by atoms with E-state index in [0.717, 1.165) is 32.1 Å². The van der Waals surface area contributed by atoms with Gasteiger partial charge in [0, 0.05) is 12.0 Å². The molecule has 1 aliphatic carbocycles. The van der Waals surface area contributed by atoms with Gasteiger partial charge < -0.3 is 14.9 Å². The molecule has 23 heavy (non-hydrogen) atoms. The quantitative estimate of drug-likeness (QED) is 0.815. The van der Waals surface area contributed by atoms with Crippen LogP contribution >= 0.6 is 0 Å². The first kappa shape index (κ1) is 15.1. The van der Waals surface area contributed by atoms with Gasteiger partial charge in [-0.1, -0.05) is 25.0 Å². The van der Waals surface area contributed by atoms with Gasteiger partial charge in [0.25, 0.3) is 0 Å². The molecule has 0 amide bonds. The predicted molar refractivity (Wildman–Crippen MR) is 78.3 cm³/mol. The summed E-state index contributed by atoms with van der Waals surface area (Å²) >= 11 is 0. The number of hydrogen-bond acceptors (Lipinski definition) is 5. The van der Waals surface area contributed by atoms with Crippen molar-refractivity contribution >= 4 is 5.97 Å². The summed E-state index contributed by atoms with van der Waals surface area (Å²) in [5.41, 5.74) is 0.0930. The summed E-state index contributed by atoms with van der Waals surface area (Å²) in [5.74, 6) is -1.94. The summed E-state index contributed by atoms with van der Waals surface area (Å²) in [7, 11) is 0. The summed E-state index contributed by atoms with van der Waals surface area (Å²) < 4.78 is 5.91. The van der Waals surface area contributed by atoms with Gasteiger partial charge in [-0.25, -0.2) is 9.68 Å². The van der Waals surface area contributed by atoms with Crippen molar-refractivity contribution in [2.45, 2.75) is 56.2 Å². The molecule has 1 saturated carbocycles. The molecule has 1 aromatic carbocycles. The third-order valence-corrected chi connectivity index (χ3v) is 5.51. The third-order valence-electron chi connectivity index (χ3n) is 5.51. The molecule has 3 saturated heterocycles. The second-order valence-electron chi connectivity index (χ2n) is 6.71. The largest absolute Gasteiger partial charge is 0.478 e. The van der Waals surface area contributed by atoms with Crippen LogP contribution in [-0.2, 0) is 20.3 Å². The molecule has 0 aromatic heterocycles. The van der Waals surface area contributed by atoms with Gasteiger partial charge in [0.2, 0.25) is 5.79 Å². The first-order chi connectivity index (χ1) is 11.1. The van der Waals surface area contributed by atoms with E-state index in [-0.39, 0.29) is 11.5 Å².